The summed E-state index contributed by atoms with van der Waals surface area (Å²) in [5.74, 6) is 0. The Bertz CT molecular complexity index is 653. The Morgan fingerprint density at radius 2 is 1.27 bits per heavy atom. The van der Waals surface area contributed by atoms with E-state index in [0.717, 1.165) is 44.1 Å². The van der Waals surface area contributed by atoms with Gasteiger partial charge in [-0.1, -0.05) is 46.6 Å². The second-order valence-electron chi connectivity index (χ2n) is 8.17. The molecule has 0 rings (SSSR count). The molecule has 0 aliphatic heterocycles. The summed E-state index contributed by atoms with van der Waals surface area (Å²) >= 11 is 0. The first-order valence-corrected chi connectivity index (χ1v) is 12.1. The third-order valence-electron chi connectivity index (χ3n) is 4.74. The van der Waals surface area contributed by atoms with Crippen molar-refractivity contribution in [3.05, 3.63) is 46.6 Å². The fraction of sp³-hybridized carbons (Fsp3) is 0.652. The van der Waals surface area contributed by atoms with Crippen molar-refractivity contribution in [2.75, 3.05) is 6.61 Å². The third-order valence-corrected chi connectivity index (χ3v) is 5.29. The summed E-state index contributed by atoms with van der Waals surface area (Å²) in [5.41, 5.74) is 5.17. The predicted octanol–water partition coefficient (Wildman–Crippen LogP) is 5.35. The van der Waals surface area contributed by atoms with Gasteiger partial charge >= 0.3 is 7.82 Å². The van der Waals surface area contributed by atoms with Crippen LogP contribution in [-0.2, 0) is 9.09 Å². The van der Waals surface area contributed by atoms with Gasteiger partial charge in [0.1, 0.15) is 12.2 Å². The summed E-state index contributed by atoms with van der Waals surface area (Å²) in [6.07, 6.45) is 12.2. The zero-order chi connectivity index (χ0) is 23.2. The summed E-state index contributed by atoms with van der Waals surface area (Å²) in [5, 5.41) is 18.7. The van der Waals surface area contributed by atoms with Crippen LogP contribution in [-0.4, -0.2) is 38.8 Å². The van der Waals surface area contributed by atoms with Crippen molar-refractivity contribution in [3.8, 4) is 0 Å². The molecule has 0 aromatic rings. The van der Waals surface area contributed by atoms with E-state index in [1.807, 2.05) is 6.92 Å². The number of phosphoric acid groups is 1. The van der Waals surface area contributed by atoms with Crippen LogP contribution >= 0.6 is 7.82 Å². The molecule has 0 bridgehead atoms. The van der Waals surface area contributed by atoms with Crippen LogP contribution in [0.25, 0.3) is 0 Å². The van der Waals surface area contributed by atoms with Gasteiger partial charge in [-0.3, -0.25) is 4.52 Å². The van der Waals surface area contributed by atoms with Crippen LogP contribution in [0.2, 0.25) is 0 Å². The smallest absolute Gasteiger partial charge is 0.394 e. The van der Waals surface area contributed by atoms with Gasteiger partial charge in [-0.25, -0.2) is 4.57 Å². The monoisotopic (exact) mass is 444 g/mol. The van der Waals surface area contributed by atoms with E-state index < -0.39 is 26.6 Å². The second-order valence-corrected chi connectivity index (χ2v) is 9.36. The van der Waals surface area contributed by atoms with Gasteiger partial charge in [-0.2, -0.15) is 0 Å². The minimum atomic E-state index is -4.73. The molecule has 0 aliphatic carbocycles. The highest BCUT2D eigenvalue weighted by molar-refractivity contribution is 7.46. The molecular formula is C23H41O6P. The molecule has 0 heterocycles. The maximum Gasteiger partial charge on any atom is 0.469 e. The zero-order valence-electron chi connectivity index (χ0n) is 19.2. The summed E-state index contributed by atoms with van der Waals surface area (Å²) in [6.45, 7) is 9.87. The Morgan fingerprint density at radius 1 is 0.833 bits per heavy atom. The Labute approximate surface area is 182 Å². The summed E-state index contributed by atoms with van der Waals surface area (Å²) in [4.78, 5) is 17.9. The van der Waals surface area contributed by atoms with E-state index in [4.69, 9.17) is 14.9 Å². The minimum absolute atomic E-state index is 0.123. The fourth-order valence-corrected chi connectivity index (χ4v) is 3.45. The maximum absolute atomic E-state index is 11.0. The number of aliphatic hydroxyl groups is 2. The lowest BCUT2D eigenvalue weighted by Crippen LogP contribution is -2.31. The molecule has 0 saturated carbocycles. The van der Waals surface area contributed by atoms with Crippen LogP contribution in [0.1, 0.15) is 79.6 Å². The molecule has 1 unspecified atom stereocenters. The van der Waals surface area contributed by atoms with E-state index in [1.165, 1.54) is 16.7 Å². The van der Waals surface area contributed by atoms with Crippen LogP contribution < -0.4 is 0 Å². The van der Waals surface area contributed by atoms with Gasteiger partial charge < -0.3 is 20.0 Å². The zero-order valence-corrected chi connectivity index (χ0v) is 20.1. The first kappa shape index (κ1) is 29.0. The van der Waals surface area contributed by atoms with Gasteiger partial charge in [0, 0.05) is 0 Å². The summed E-state index contributed by atoms with van der Waals surface area (Å²) in [7, 11) is -4.73. The molecule has 0 fully saturated rings. The molecule has 0 radical (unpaired) electrons. The van der Waals surface area contributed by atoms with Crippen molar-refractivity contribution in [2.45, 2.75) is 91.8 Å². The van der Waals surface area contributed by atoms with Gasteiger partial charge in [0.05, 0.1) is 6.61 Å². The Hall–Kier alpha value is -1.01. The average molecular weight is 445 g/mol. The van der Waals surface area contributed by atoms with E-state index in [9.17, 15) is 9.67 Å². The molecule has 7 heteroatoms. The molecule has 0 spiro atoms. The largest absolute Gasteiger partial charge is 0.469 e. The van der Waals surface area contributed by atoms with Crippen LogP contribution in [0.3, 0.4) is 0 Å². The molecule has 6 nitrogen and oxygen atoms in total. The lowest BCUT2D eigenvalue weighted by atomic mass is 10.0. The first-order chi connectivity index (χ1) is 13.9. The van der Waals surface area contributed by atoms with E-state index >= 15 is 0 Å². The Balaban J connectivity index is 4.41. The quantitative estimate of drug-likeness (QED) is 0.200. The highest BCUT2D eigenvalue weighted by atomic mass is 31.2. The predicted molar refractivity (Wildman–Crippen MR) is 123 cm³/mol. The minimum Gasteiger partial charge on any atom is -0.394 e. The van der Waals surface area contributed by atoms with Gasteiger partial charge in [-0.05, 0) is 79.6 Å². The number of hydrogen-bond donors (Lipinski definition) is 4. The normalized spacial score (nSPS) is 15.8. The highest BCUT2D eigenvalue weighted by Gasteiger charge is 2.27. The molecule has 0 saturated heterocycles. The standard InChI is InChI=1S/C23H41O6P/c1-18(2)9-6-10-19(3)11-7-12-20(4)13-8-14-21(5)15-16-23(22(25)17-24)29-30(26,27)28/h9,11,13,15,22-25H,6-8,10,12,14,16-17H2,1-5H3,(H2,26,27,28)/b19-11+,20-13+,21-15+/t22-,23?/m0/s1. The summed E-state index contributed by atoms with van der Waals surface area (Å²) < 4.78 is 15.6. The van der Waals surface area contributed by atoms with Crippen molar-refractivity contribution in [1.82, 2.24) is 0 Å². The molecule has 174 valence electrons. The number of rotatable bonds is 15. The van der Waals surface area contributed by atoms with Crippen molar-refractivity contribution < 1.29 is 29.1 Å². The molecule has 2 atom stereocenters. The highest BCUT2D eigenvalue weighted by Crippen LogP contribution is 2.39. The molecule has 30 heavy (non-hydrogen) atoms. The first-order valence-electron chi connectivity index (χ1n) is 10.6. The number of aliphatic hydroxyl groups excluding tert-OH is 2. The fourth-order valence-electron chi connectivity index (χ4n) is 2.87. The number of hydrogen-bond acceptors (Lipinski definition) is 4. The van der Waals surface area contributed by atoms with E-state index in [2.05, 4.69) is 50.4 Å². The van der Waals surface area contributed by atoms with Crippen molar-refractivity contribution in [3.63, 3.8) is 0 Å². The Morgan fingerprint density at radius 3 is 1.67 bits per heavy atom. The topological polar surface area (TPSA) is 107 Å². The Kier molecular flexibility index (Phi) is 15.2. The lowest BCUT2D eigenvalue weighted by Gasteiger charge is -2.21. The average Bonchev–Trinajstić information content (AvgIpc) is 2.63. The molecule has 4 N–H and O–H groups in total. The van der Waals surface area contributed by atoms with E-state index in [-0.39, 0.29) is 6.42 Å². The molecule has 0 amide bonds. The molecular weight excluding hydrogens is 403 g/mol. The van der Waals surface area contributed by atoms with Gasteiger partial charge in [0.25, 0.3) is 0 Å². The second kappa shape index (κ2) is 15.7. The third kappa shape index (κ3) is 16.8. The van der Waals surface area contributed by atoms with Gasteiger partial charge in [-0.15, -0.1) is 0 Å². The van der Waals surface area contributed by atoms with Crippen molar-refractivity contribution in [1.29, 1.82) is 0 Å². The van der Waals surface area contributed by atoms with Gasteiger partial charge in [0.2, 0.25) is 0 Å². The van der Waals surface area contributed by atoms with Crippen LogP contribution in [0.15, 0.2) is 46.6 Å². The lowest BCUT2D eigenvalue weighted by molar-refractivity contribution is -0.0118. The maximum atomic E-state index is 11.0. The van der Waals surface area contributed by atoms with E-state index in [1.54, 1.807) is 6.08 Å². The van der Waals surface area contributed by atoms with Crippen molar-refractivity contribution in [2.24, 2.45) is 0 Å². The number of allylic oxidation sites excluding steroid dienone is 7. The van der Waals surface area contributed by atoms with Crippen LogP contribution in [0.4, 0.5) is 0 Å². The van der Waals surface area contributed by atoms with E-state index in [0.29, 0.717) is 0 Å². The summed E-state index contributed by atoms with van der Waals surface area (Å²) in [6, 6.07) is 0. The van der Waals surface area contributed by atoms with Crippen molar-refractivity contribution >= 4 is 7.82 Å². The van der Waals surface area contributed by atoms with Gasteiger partial charge in [0.15, 0.2) is 0 Å². The van der Waals surface area contributed by atoms with Crippen LogP contribution in [0.5, 0.6) is 0 Å². The number of phosphoric ester groups is 1. The molecule has 0 aliphatic rings. The molecule has 0 aromatic carbocycles. The van der Waals surface area contributed by atoms with Crippen LogP contribution in [0, 0.1) is 0 Å². The SMILES string of the molecule is CC(C)=CCC/C(C)=C/CC/C(C)=C/CC/C(C)=C/CC(OP(=O)(O)O)[C@@H](O)CO. The molecule has 0 aromatic heterocycles.